The number of ether oxygens (including phenoxy) is 4. The lowest BCUT2D eigenvalue weighted by Crippen LogP contribution is -2.58. The molecule has 9 unspecified atom stereocenters. The minimum absolute atomic E-state index is 0.0200. The third kappa shape index (κ3) is 10.3. The van der Waals surface area contributed by atoms with Crippen LogP contribution in [0.2, 0.25) is 0 Å². The number of carbonyl (C=O) groups excluding carboxylic acids is 3. The summed E-state index contributed by atoms with van der Waals surface area (Å²) in [5.41, 5.74) is -0.680. The molecule has 0 aliphatic carbocycles. The van der Waals surface area contributed by atoms with Crippen LogP contribution in [0, 0.1) is 5.92 Å². The normalized spacial score (nSPS) is 34.0. The van der Waals surface area contributed by atoms with E-state index in [2.05, 4.69) is 12.2 Å². The van der Waals surface area contributed by atoms with Crippen LogP contribution in [0.3, 0.4) is 0 Å². The van der Waals surface area contributed by atoms with Gasteiger partial charge in [-0.05, 0) is 45.6 Å². The molecule has 2 fully saturated rings. The summed E-state index contributed by atoms with van der Waals surface area (Å²) < 4.78 is 21.8. The number of halogens is 1. The number of aliphatic hydroxyl groups excluding tert-OH is 1. The number of esters is 2. The fraction of sp³-hybridized carbons (Fsp3) is 0.690. The van der Waals surface area contributed by atoms with Crippen LogP contribution in [-0.2, 0) is 33.3 Å². The van der Waals surface area contributed by atoms with E-state index < -0.39 is 42.0 Å². The first-order chi connectivity index (χ1) is 18.8. The molecule has 0 aromatic carbocycles. The molecular formula is C29H44ClNO9. The van der Waals surface area contributed by atoms with Gasteiger partial charge in [0.25, 0.3) is 0 Å². The minimum atomic E-state index is -1.59. The highest BCUT2D eigenvalue weighted by Crippen LogP contribution is 2.33. The van der Waals surface area contributed by atoms with Crippen LogP contribution < -0.4 is 5.32 Å². The van der Waals surface area contributed by atoms with Gasteiger partial charge in [0.05, 0.1) is 43.8 Å². The van der Waals surface area contributed by atoms with Crippen molar-refractivity contribution in [2.45, 2.75) is 109 Å². The largest absolute Gasteiger partial charge is 0.469 e. The monoisotopic (exact) mass is 585 g/mol. The van der Waals surface area contributed by atoms with Gasteiger partial charge in [-0.1, -0.05) is 30.7 Å². The lowest BCUT2D eigenvalue weighted by molar-refractivity contribution is -0.197. The van der Waals surface area contributed by atoms with E-state index in [4.69, 9.17) is 30.5 Å². The first kappa shape index (κ1) is 34.0. The maximum Gasteiger partial charge on any atom is 0.308 e. The van der Waals surface area contributed by atoms with E-state index >= 15 is 0 Å². The Bertz CT molecular complexity index is 967. The van der Waals surface area contributed by atoms with Crippen molar-refractivity contribution in [3.05, 3.63) is 36.0 Å². The van der Waals surface area contributed by atoms with E-state index in [0.29, 0.717) is 6.42 Å². The molecule has 9 atom stereocenters. The van der Waals surface area contributed by atoms with Gasteiger partial charge in [0.2, 0.25) is 5.91 Å². The molecule has 10 nitrogen and oxygen atoms in total. The molecule has 0 spiro atoms. The average Bonchev–Trinajstić information content (AvgIpc) is 2.89. The van der Waals surface area contributed by atoms with E-state index in [1.54, 1.807) is 19.1 Å². The van der Waals surface area contributed by atoms with Gasteiger partial charge in [0.15, 0.2) is 0 Å². The maximum absolute atomic E-state index is 12.3. The predicted molar refractivity (Wildman–Crippen MR) is 150 cm³/mol. The molecule has 2 saturated heterocycles. The highest BCUT2D eigenvalue weighted by Gasteiger charge is 2.47. The lowest BCUT2D eigenvalue weighted by Gasteiger charge is -2.43. The number of allylic oxidation sites excluding steroid dienone is 2. The van der Waals surface area contributed by atoms with Crippen LogP contribution in [0.15, 0.2) is 36.0 Å². The minimum Gasteiger partial charge on any atom is -0.469 e. The second kappa shape index (κ2) is 15.7. The van der Waals surface area contributed by atoms with Gasteiger partial charge in [-0.15, -0.1) is 11.6 Å². The highest BCUT2D eigenvalue weighted by molar-refractivity contribution is 6.18. The number of hydrogen-bond acceptors (Lipinski definition) is 9. The van der Waals surface area contributed by atoms with E-state index in [1.807, 2.05) is 19.9 Å². The van der Waals surface area contributed by atoms with Crippen LogP contribution >= 0.6 is 11.6 Å². The Morgan fingerprint density at radius 2 is 1.90 bits per heavy atom. The number of amides is 1. The summed E-state index contributed by atoms with van der Waals surface area (Å²) in [6.45, 7) is 8.91. The van der Waals surface area contributed by atoms with E-state index in [-0.39, 0.29) is 48.8 Å². The molecule has 0 aromatic rings. The third-order valence-corrected chi connectivity index (χ3v) is 7.74. The zero-order chi connectivity index (χ0) is 30.0. The molecule has 3 N–H and O–H groups in total. The van der Waals surface area contributed by atoms with E-state index in [9.17, 15) is 24.6 Å². The smallest absolute Gasteiger partial charge is 0.308 e. The van der Waals surface area contributed by atoms with Crippen LogP contribution in [0.1, 0.15) is 60.3 Å². The summed E-state index contributed by atoms with van der Waals surface area (Å²) in [5.74, 6) is -1.17. The molecule has 0 radical (unpaired) electrons. The Hall–Kier alpha value is -2.24. The summed E-state index contributed by atoms with van der Waals surface area (Å²) in [6.07, 6.45) is 6.26. The van der Waals surface area contributed by atoms with Crippen LogP contribution in [0.25, 0.3) is 0 Å². The molecule has 0 aromatic heterocycles. The van der Waals surface area contributed by atoms with Crippen molar-refractivity contribution >= 4 is 29.4 Å². The van der Waals surface area contributed by atoms with Gasteiger partial charge in [-0.2, -0.15) is 0 Å². The van der Waals surface area contributed by atoms with Gasteiger partial charge in [0.1, 0.15) is 23.9 Å². The number of alkyl halides is 1. The van der Waals surface area contributed by atoms with Gasteiger partial charge in [-0.25, -0.2) is 0 Å². The third-order valence-electron chi connectivity index (χ3n) is 7.28. The van der Waals surface area contributed by atoms with Crippen molar-refractivity contribution in [3.63, 3.8) is 0 Å². The molecule has 2 rings (SSSR count). The fourth-order valence-electron chi connectivity index (χ4n) is 4.92. The average molecular weight is 586 g/mol. The van der Waals surface area contributed by atoms with E-state index in [1.165, 1.54) is 26.2 Å². The highest BCUT2D eigenvalue weighted by atomic mass is 35.5. The first-order valence-corrected chi connectivity index (χ1v) is 14.2. The molecule has 11 heteroatoms. The summed E-state index contributed by atoms with van der Waals surface area (Å²) in [4.78, 5) is 35.1. The molecule has 0 saturated carbocycles. The van der Waals surface area contributed by atoms with Gasteiger partial charge < -0.3 is 34.5 Å². The predicted octanol–water partition coefficient (Wildman–Crippen LogP) is 2.74. The van der Waals surface area contributed by atoms with Gasteiger partial charge in [-0.3, -0.25) is 14.4 Å². The second-order valence-corrected chi connectivity index (χ2v) is 11.1. The summed E-state index contributed by atoms with van der Waals surface area (Å²) in [7, 11) is 1.28. The standard InChI is InChI=1S/C29H44ClNO9/c1-17(8-11-25-28(35)29(36,16-30)15-22(40-25)14-27(34)37-6)7-10-24-18(2)13-23(20(4)39-24)31-26(33)12-9-19(3)38-21(5)32/h7-9,11-12,18-20,22-25,28,35-36H,10,13-16H2,1-6H3,(H,31,33). The van der Waals surface area contributed by atoms with Crippen molar-refractivity contribution in [1.82, 2.24) is 5.32 Å². The van der Waals surface area contributed by atoms with Crippen LogP contribution in [0.5, 0.6) is 0 Å². The summed E-state index contributed by atoms with van der Waals surface area (Å²) in [6, 6.07) is -0.152. The number of nitrogens with one attached hydrogen (secondary N) is 1. The molecule has 226 valence electrons. The van der Waals surface area contributed by atoms with Crippen LogP contribution in [0.4, 0.5) is 0 Å². The van der Waals surface area contributed by atoms with Crippen molar-refractivity contribution in [1.29, 1.82) is 0 Å². The molecule has 1 amide bonds. The second-order valence-electron chi connectivity index (χ2n) is 10.8. The molecule has 40 heavy (non-hydrogen) atoms. The number of rotatable bonds is 11. The Balaban J connectivity index is 1.94. The number of aliphatic hydroxyl groups is 2. The zero-order valence-electron chi connectivity index (χ0n) is 24.2. The molecule has 2 aliphatic heterocycles. The maximum atomic E-state index is 12.3. The molecule has 2 aliphatic rings. The van der Waals surface area contributed by atoms with Gasteiger partial charge >= 0.3 is 11.9 Å². The topological polar surface area (TPSA) is 141 Å². The number of hydrogen-bond donors (Lipinski definition) is 3. The van der Waals surface area contributed by atoms with Crippen molar-refractivity contribution in [3.8, 4) is 0 Å². The van der Waals surface area contributed by atoms with Crippen molar-refractivity contribution in [2.24, 2.45) is 5.92 Å². The summed E-state index contributed by atoms with van der Waals surface area (Å²) in [5, 5.41) is 24.4. The first-order valence-electron chi connectivity index (χ1n) is 13.6. The van der Waals surface area contributed by atoms with Crippen molar-refractivity contribution < 1.29 is 43.5 Å². The number of carbonyl (C=O) groups is 3. The summed E-state index contributed by atoms with van der Waals surface area (Å²) >= 11 is 5.95. The van der Waals surface area contributed by atoms with Crippen molar-refractivity contribution in [2.75, 3.05) is 13.0 Å². The Morgan fingerprint density at radius 1 is 1.20 bits per heavy atom. The SMILES string of the molecule is COC(=O)CC1CC(O)(CCl)C(O)C(C=CC(C)=CCC2OC(C)C(NC(=O)C=CC(C)OC(C)=O)CC2C)O1. The lowest BCUT2D eigenvalue weighted by atomic mass is 9.84. The van der Waals surface area contributed by atoms with Crippen LogP contribution in [-0.4, -0.2) is 89.3 Å². The van der Waals surface area contributed by atoms with E-state index in [0.717, 1.165) is 12.0 Å². The Morgan fingerprint density at radius 3 is 2.52 bits per heavy atom. The fourth-order valence-corrected chi connectivity index (χ4v) is 5.19. The molecule has 0 bridgehead atoms. The van der Waals surface area contributed by atoms with Gasteiger partial charge in [0, 0.05) is 19.4 Å². The number of methoxy groups -OCH3 is 1. The molecule has 2 heterocycles. The zero-order valence-corrected chi connectivity index (χ0v) is 24.9. The molecular weight excluding hydrogens is 542 g/mol. The quantitative estimate of drug-likeness (QED) is 0.144. The Kier molecular flexibility index (Phi) is 13.3. The Labute approximate surface area is 241 Å².